The number of carbonyl (C=O) groups is 1. The Labute approximate surface area is 119 Å². The third-order valence-electron chi connectivity index (χ3n) is 5.22. The number of benzene rings is 1. The second kappa shape index (κ2) is 3.90. The monoisotopic (exact) mass is 272 g/mol. The summed E-state index contributed by atoms with van der Waals surface area (Å²) in [5, 5.41) is 3.18. The minimum Gasteiger partial charge on any atom is -0.467 e. The molecular weight excluding hydrogens is 252 g/mol. The minimum atomic E-state index is -0.437. The number of aryl methyl sites for hydroxylation is 1. The molecule has 0 radical (unpaired) electrons. The van der Waals surface area contributed by atoms with Crippen LogP contribution in [-0.4, -0.2) is 23.7 Å². The molecule has 3 aliphatic rings. The smallest absolute Gasteiger partial charge is 0.320 e. The zero-order chi connectivity index (χ0) is 13.9. The van der Waals surface area contributed by atoms with E-state index in [-0.39, 0.29) is 12.1 Å². The molecule has 4 heteroatoms. The quantitative estimate of drug-likeness (QED) is 0.789. The molecular formula is C16H20N2O2. The lowest BCUT2D eigenvalue weighted by molar-refractivity contribution is -0.153. The van der Waals surface area contributed by atoms with Crippen LogP contribution in [0.4, 0.5) is 4.79 Å². The molecule has 106 valence electrons. The first-order chi connectivity index (χ1) is 9.62. The normalized spacial score (nSPS) is 34.7. The summed E-state index contributed by atoms with van der Waals surface area (Å²) in [5.41, 5.74) is 1.92. The van der Waals surface area contributed by atoms with E-state index in [1.807, 2.05) is 7.05 Å². The zero-order valence-corrected chi connectivity index (χ0v) is 12.0. The molecule has 1 saturated heterocycles. The van der Waals surface area contributed by atoms with E-state index in [0.29, 0.717) is 5.92 Å². The highest BCUT2D eigenvalue weighted by molar-refractivity contribution is 5.77. The second-order valence-corrected chi connectivity index (χ2v) is 6.33. The largest absolute Gasteiger partial charge is 0.467 e. The Balaban J connectivity index is 1.90. The summed E-state index contributed by atoms with van der Waals surface area (Å²) in [4.78, 5) is 14.1. The van der Waals surface area contributed by atoms with Crippen LogP contribution >= 0.6 is 0 Å². The molecule has 1 aliphatic carbocycles. The standard InChI is InChI=1S/C16H20N2O2/c1-10-6-7-13-11(9-10)14-12-5-3-4-8-16(12,20-13)18(2)15(19)17-14/h6-7,9,12,14H,3-5,8H2,1-2H3,(H,17,19). The van der Waals surface area contributed by atoms with Crippen molar-refractivity contribution in [3.63, 3.8) is 0 Å². The number of nitrogens with zero attached hydrogens (tertiary/aromatic N) is 1. The number of amides is 2. The van der Waals surface area contributed by atoms with E-state index in [0.717, 1.165) is 30.6 Å². The van der Waals surface area contributed by atoms with Crippen LogP contribution in [0.3, 0.4) is 0 Å². The van der Waals surface area contributed by atoms with Gasteiger partial charge in [-0.2, -0.15) is 0 Å². The molecule has 0 aromatic heterocycles. The average molecular weight is 272 g/mol. The molecule has 1 aromatic rings. The Morgan fingerprint density at radius 1 is 1.40 bits per heavy atom. The van der Waals surface area contributed by atoms with Gasteiger partial charge in [0.05, 0.1) is 6.04 Å². The second-order valence-electron chi connectivity index (χ2n) is 6.33. The first-order valence-electron chi connectivity index (χ1n) is 7.46. The molecule has 0 spiro atoms. The fourth-order valence-corrected chi connectivity index (χ4v) is 4.18. The first-order valence-corrected chi connectivity index (χ1v) is 7.46. The summed E-state index contributed by atoms with van der Waals surface area (Å²) in [6, 6.07) is 6.37. The van der Waals surface area contributed by atoms with Crippen LogP contribution in [0, 0.1) is 12.8 Å². The van der Waals surface area contributed by atoms with Gasteiger partial charge in [-0.05, 0) is 25.8 Å². The van der Waals surface area contributed by atoms with Gasteiger partial charge in [0.1, 0.15) is 5.75 Å². The van der Waals surface area contributed by atoms with Gasteiger partial charge in [-0.1, -0.05) is 24.1 Å². The van der Waals surface area contributed by atoms with Gasteiger partial charge in [0, 0.05) is 24.9 Å². The molecule has 4 nitrogen and oxygen atoms in total. The molecule has 2 bridgehead atoms. The Kier molecular flexibility index (Phi) is 2.35. The van der Waals surface area contributed by atoms with Crippen LogP contribution in [0.15, 0.2) is 18.2 Å². The maximum absolute atomic E-state index is 12.3. The van der Waals surface area contributed by atoms with Crippen molar-refractivity contribution in [2.45, 2.75) is 44.4 Å². The maximum atomic E-state index is 12.3. The van der Waals surface area contributed by atoms with E-state index < -0.39 is 5.72 Å². The van der Waals surface area contributed by atoms with Crippen molar-refractivity contribution in [2.24, 2.45) is 5.92 Å². The fraction of sp³-hybridized carbons (Fsp3) is 0.562. The Bertz CT molecular complexity index is 586. The molecule has 1 saturated carbocycles. The topological polar surface area (TPSA) is 41.6 Å². The van der Waals surface area contributed by atoms with Gasteiger partial charge in [0.25, 0.3) is 0 Å². The van der Waals surface area contributed by atoms with E-state index in [9.17, 15) is 4.79 Å². The Morgan fingerprint density at radius 2 is 2.25 bits per heavy atom. The summed E-state index contributed by atoms with van der Waals surface area (Å²) < 4.78 is 6.40. The van der Waals surface area contributed by atoms with Gasteiger partial charge in [-0.3, -0.25) is 4.90 Å². The summed E-state index contributed by atoms with van der Waals surface area (Å²) in [5.74, 6) is 1.29. The SMILES string of the molecule is Cc1ccc2c(c1)C1NC(=O)N(C)C3(CCCCC13)O2. The summed E-state index contributed by atoms with van der Waals surface area (Å²) in [7, 11) is 1.86. The van der Waals surface area contributed by atoms with Crippen molar-refractivity contribution in [1.29, 1.82) is 0 Å². The fourth-order valence-electron chi connectivity index (χ4n) is 4.18. The third-order valence-corrected chi connectivity index (χ3v) is 5.22. The lowest BCUT2D eigenvalue weighted by Crippen LogP contribution is -2.70. The summed E-state index contributed by atoms with van der Waals surface area (Å²) in [6.45, 7) is 2.08. The van der Waals surface area contributed by atoms with E-state index in [1.165, 1.54) is 12.0 Å². The van der Waals surface area contributed by atoms with Crippen molar-refractivity contribution in [2.75, 3.05) is 7.05 Å². The summed E-state index contributed by atoms with van der Waals surface area (Å²) in [6.07, 6.45) is 4.40. The molecule has 2 aliphatic heterocycles. The molecule has 2 heterocycles. The zero-order valence-electron chi connectivity index (χ0n) is 12.0. The predicted molar refractivity (Wildman–Crippen MR) is 75.5 cm³/mol. The molecule has 4 rings (SSSR count). The van der Waals surface area contributed by atoms with Crippen molar-refractivity contribution in [3.05, 3.63) is 29.3 Å². The number of urea groups is 1. The molecule has 3 unspecified atom stereocenters. The van der Waals surface area contributed by atoms with Gasteiger partial charge < -0.3 is 10.1 Å². The molecule has 2 fully saturated rings. The Morgan fingerprint density at radius 3 is 3.10 bits per heavy atom. The lowest BCUT2D eigenvalue weighted by Gasteiger charge is -2.58. The van der Waals surface area contributed by atoms with Crippen LogP contribution in [0.5, 0.6) is 5.75 Å². The van der Waals surface area contributed by atoms with Gasteiger partial charge in [-0.25, -0.2) is 4.79 Å². The van der Waals surface area contributed by atoms with Crippen molar-refractivity contribution in [1.82, 2.24) is 10.2 Å². The van der Waals surface area contributed by atoms with Gasteiger partial charge in [-0.15, -0.1) is 0 Å². The Hall–Kier alpha value is -1.71. The number of nitrogens with one attached hydrogen (secondary N) is 1. The average Bonchev–Trinajstić information content (AvgIpc) is 2.45. The summed E-state index contributed by atoms with van der Waals surface area (Å²) >= 11 is 0. The van der Waals surface area contributed by atoms with Crippen molar-refractivity contribution < 1.29 is 9.53 Å². The third kappa shape index (κ3) is 1.39. The van der Waals surface area contributed by atoms with Gasteiger partial charge in [0.2, 0.25) is 0 Å². The van der Waals surface area contributed by atoms with E-state index in [4.69, 9.17) is 4.74 Å². The number of fused-ring (bicyclic) bond motifs is 2. The van der Waals surface area contributed by atoms with Crippen molar-refractivity contribution in [3.8, 4) is 5.75 Å². The molecule has 3 atom stereocenters. The van der Waals surface area contributed by atoms with Crippen LogP contribution < -0.4 is 10.1 Å². The van der Waals surface area contributed by atoms with E-state index in [1.54, 1.807) is 4.90 Å². The highest BCUT2D eigenvalue weighted by Crippen LogP contribution is 2.53. The number of hydrogen-bond acceptors (Lipinski definition) is 2. The van der Waals surface area contributed by atoms with Crippen LogP contribution in [-0.2, 0) is 0 Å². The number of rotatable bonds is 0. The van der Waals surface area contributed by atoms with E-state index in [2.05, 4.69) is 30.4 Å². The number of carbonyl (C=O) groups excluding carboxylic acids is 1. The maximum Gasteiger partial charge on any atom is 0.320 e. The molecule has 1 aromatic carbocycles. The van der Waals surface area contributed by atoms with E-state index >= 15 is 0 Å². The highest BCUT2D eigenvalue weighted by atomic mass is 16.5. The van der Waals surface area contributed by atoms with Crippen molar-refractivity contribution >= 4 is 6.03 Å². The van der Waals surface area contributed by atoms with Gasteiger partial charge in [0.15, 0.2) is 5.72 Å². The molecule has 2 amide bonds. The first kappa shape index (κ1) is 12.1. The molecule has 20 heavy (non-hydrogen) atoms. The van der Waals surface area contributed by atoms with Gasteiger partial charge >= 0.3 is 6.03 Å². The van der Waals surface area contributed by atoms with Crippen LogP contribution in [0.2, 0.25) is 0 Å². The lowest BCUT2D eigenvalue weighted by atomic mass is 9.70. The molecule has 1 N–H and O–H groups in total. The van der Waals surface area contributed by atoms with Crippen LogP contribution in [0.1, 0.15) is 42.9 Å². The predicted octanol–water partition coefficient (Wildman–Crippen LogP) is 2.97. The number of hydrogen-bond donors (Lipinski definition) is 1. The minimum absolute atomic E-state index is 0.0136. The highest BCUT2D eigenvalue weighted by Gasteiger charge is 2.58. The van der Waals surface area contributed by atoms with Crippen LogP contribution in [0.25, 0.3) is 0 Å². The number of ether oxygens (including phenoxy) is 1.